The van der Waals surface area contributed by atoms with Gasteiger partial charge in [0.1, 0.15) is 0 Å². The maximum atomic E-state index is 3.89. The lowest BCUT2D eigenvalue weighted by atomic mass is 9.85. The van der Waals surface area contributed by atoms with E-state index in [2.05, 4.69) is 44.8 Å². The van der Waals surface area contributed by atoms with Crippen molar-refractivity contribution in [3.05, 3.63) is 0 Å². The van der Waals surface area contributed by atoms with Gasteiger partial charge in [0.2, 0.25) is 0 Å². The maximum Gasteiger partial charge on any atom is 0.0309 e. The molecule has 0 aromatic heterocycles. The molecule has 2 fully saturated rings. The van der Waals surface area contributed by atoms with E-state index in [-0.39, 0.29) is 0 Å². The third-order valence-electron chi connectivity index (χ3n) is 4.75. The Labute approximate surface area is 107 Å². The van der Waals surface area contributed by atoms with Gasteiger partial charge < -0.3 is 5.32 Å². The zero-order valence-electron chi connectivity index (χ0n) is 12.3. The molecule has 0 aromatic rings. The highest BCUT2D eigenvalue weighted by Crippen LogP contribution is 2.36. The van der Waals surface area contributed by atoms with Crippen LogP contribution in [0, 0.1) is 5.92 Å². The van der Waals surface area contributed by atoms with Crippen molar-refractivity contribution in [3.63, 3.8) is 0 Å². The van der Waals surface area contributed by atoms with E-state index >= 15 is 0 Å². The van der Waals surface area contributed by atoms with Gasteiger partial charge in [-0.1, -0.05) is 26.7 Å². The van der Waals surface area contributed by atoms with E-state index in [1.165, 1.54) is 38.8 Å². The molecule has 0 radical (unpaired) electrons. The van der Waals surface area contributed by atoms with Crippen LogP contribution >= 0.6 is 0 Å². The van der Waals surface area contributed by atoms with E-state index in [1.54, 1.807) is 0 Å². The van der Waals surface area contributed by atoms with Gasteiger partial charge in [0.25, 0.3) is 0 Å². The predicted octanol–water partition coefficient (Wildman–Crippen LogP) is 3.03. The molecule has 100 valence electrons. The molecule has 1 heterocycles. The second-order valence-electron chi connectivity index (χ2n) is 7.48. The first-order chi connectivity index (χ1) is 7.84. The van der Waals surface area contributed by atoms with Gasteiger partial charge >= 0.3 is 0 Å². The molecule has 0 bridgehead atoms. The zero-order valence-corrected chi connectivity index (χ0v) is 12.3. The first-order valence-corrected chi connectivity index (χ1v) is 7.36. The van der Waals surface area contributed by atoms with Gasteiger partial charge in [-0.2, -0.15) is 0 Å². The van der Waals surface area contributed by atoms with Crippen molar-refractivity contribution in [2.45, 2.75) is 77.4 Å². The van der Waals surface area contributed by atoms with Crippen LogP contribution in [0.2, 0.25) is 0 Å². The summed E-state index contributed by atoms with van der Waals surface area (Å²) in [5, 5.41) is 3.89. The molecule has 17 heavy (non-hydrogen) atoms. The molecular weight excluding hydrogens is 208 g/mol. The topological polar surface area (TPSA) is 15.3 Å². The van der Waals surface area contributed by atoms with Crippen molar-refractivity contribution in [1.82, 2.24) is 10.2 Å². The van der Waals surface area contributed by atoms with Crippen molar-refractivity contribution in [3.8, 4) is 0 Å². The molecule has 1 spiro atoms. The van der Waals surface area contributed by atoms with Gasteiger partial charge in [-0.25, -0.2) is 0 Å². The fraction of sp³-hybridized carbons (Fsp3) is 1.00. The summed E-state index contributed by atoms with van der Waals surface area (Å²) in [6, 6.07) is 0.696. The first kappa shape index (κ1) is 13.4. The van der Waals surface area contributed by atoms with E-state index < -0.39 is 0 Å². The average Bonchev–Trinajstić information content (AvgIpc) is 2.64. The van der Waals surface area contributed by atoms with Crippen LogP contribution < -0.4 is 5.32 Å². The van der Waals surface area contributed by atoms with E-state index in [0.29, 0.717) is 17.1 Å². The Balaban J connectivity index is 2.15. The molecule has 0 amide bonds. The monoisotopic (exact) mass is 238 g/mol. The molecule has 1 aliphatic heterocycles. The zero-order chi connectivity index (χ0) is 12.7. The number of nitrogens with one attached hydrogen (secondary N) is 1. The minimum absolute atomic E-state index is 0.298. The van der Waals surface area contributed by atoms with E-state index in [0.717, 1.165) is 5.92 Å². The van der Waals surface area contributed by atoms with Crippen molar-refractivity contribution in [2.75, 3.05) is 13.1 Å². The molecule has 2 nitrogen and oxygen atoms in total. The number of hydrogen-bond acceptors (Lipinski definition) is 2. The normalized spacial score (nSPS) is 30.4. The quantitative estimate of drug-likeness (QED) is 0.755. The summed E-state index contributed by atoms with van der Waals surface area (Å²) >= 11 is 0. The lowest BCUT2D eigenvalue weighted by Crippen LogP contribution is -2.68. The highest BCUT2D eigenvalue weighted by Gasteiger charge is 2.44. The predicted molar refractivity (Wildman–Crippen MR) is 74.3 cm³/mol. The Morgan fingerprint density at radius 2 is 1.76 bits per heavy atom. The fourth-order valence-corrected chi connectivity index (χ4v) is 3.65. The van der Waals surface area contributed by atoms with Crippen molar-refractivity contribution < 1.29 is 0 Å². The van der Waals surface area contributed by atoms with Crippen LogP contribution in [-0.4, -0.2) is 35.1 Å². The van der Waals surface area contributed by atoms with Gasteiger partial charge in [0, 0.05) is 30.2 Å². The van der Waals surface area contributed by atoms with Crippen LogP contribution in [0.4, 0.5) is 0 Å². The van der Waals surface area contributed by atoms with Crippen LogP contribution in [0.15, 0.2) is 0 Å². The summed E-state index contributed by atoms with van der Waals surface area (Å²) < 4.78 is 0. The fourth-order valence-electron chi connectivity index (χ4n) is 3.65. The molecule has 2 aliphatic rings. The molecule has 2 rings (SSSR count). The molecule has 2 heteroatoms. The molecule has 1 N–H and O–H groups in total. The molecule has 1 saturated heterocycles. The van der Waals surface area contributed by atoms with E-state index in [9.17, 15) is 0 Å². The molecule has 1 aliphatic carbocycles. The molecule has 0 aromatic carbocycles. The maximum absolute atomic E-state index is 3.89. The highest BCUT2D eigenvalue weighted by molar-refractivity contribution is 5.04. The molecule has 1 unspecified atom stereocenters. The van der Waals surface area contributed by atoms with Crippen LogP contribution in [0.1, 0.15) is 60.3 Å². The second kappa shape index (κ2) is 4.55. The number of piperazine rings is 1. The Morgan fingerprint density at radius 3 is 2.24 bits per heavy atom. The van der Waals surface area contributed by atoms with Crippen LogP contribution in [-0.2, 0) is 0 Å². The Morgan fingerprint density at radius 1 is 1.18 bits per heavy atom. The third-order valence-corrected chi connectivity index (χ3v) is 4.75. The highest BCUT2D eigenvalue weighted by atomic mass is 15.3. The minimum Gasteiger partial charge on any atom is -0.308 e. The van der Waals surface area contributed by atoms with Gasteiger partial charge in [0.05, 0.1) is 0 Å². The number of hydrogen-bond donors (Lipinski definition) is 1. The summed E-state index contributed by atoms with van der Waals surface area (Å²) in [5.74, 6) is 0.737. The van der Waals surface area contributed by atoms with Crippen molar-refractivity contribution in [2.24, 2.45) is 5.92 Å². The van der Waals surface area contributed by atoms with Gasteiger partial charge in [0.15, 0.2) is 0 Å². The van der Waals surface area contributed by atoms with Gasteiger partial charge in [-0.15, -0.1) is 0 Å². The summed E-state index contributed by atoms with van der Waals surface area (Å²) in [5.41, 5.74) is 0.741. The van der Waals surface area contributed by atoms with Crippen molar-refractivity contribution >= 4 is 0 Å². The van der Waals surface area contributed by atoms with Crippen molar-refractivity contribution in [1.29, 1.82) is 0 Å². The van der Waals surface area contributed by atoms with Crippen LogP contribution in [0.3, 0.4) is 0 Å². The van der Waals surface area contributed by atoms with Gasteiger partial charge in [-0.05, 0) is 39.5 Å². The number of rotatable bonds is 1. The second-order valence-corrected chi connectivity index (χ2v) is 7.48. The van der Waals surface area contributed by atoms with E-state index in [1.807, 2.05) is 0 Å². The SMILES string of the molecule is CC(C)C1CNC2(CCCC2)CN1C(C)(C)C. The van der Waals surface area contributed by atoms with Gasteiger partial charge in [-0.3, -0.25) is 4.90 Å². The lowest BCUT2D eigenvalue weighted by molar-refractivity contribution is -0.00849. The third kappa shape index (κ3) is 2.68. The largest absolute Gasteiger partial charge is 0.308 e. The molecule has 1 atom stereocenters. The summed E-state index contributed by atoms with van der Waals surface area (Å²) in [6.07, 6.45) is 5.59. The summed E-state index contributed by atoms with van der Waals surface area (Å²) in [4.78, 5) is 2.76. The standard InChI is InChI=1S/C15H30N2/c1-12(2)13-10-16-15(8-6-7-9-15)11-17(13)14(3,4)5/h12-13,16H,6-11H2,1-5H3. The Hall–Kier alpha value is -0.0800. The molecule has 1 saturated carbocycles. The Bertz CT molecular complexity index is 259. The average molecular weight is 238 g/mol. The van der Waals surface area contributed by atoms with Crippen LogP contribution in [0.25, 0.3) is 0 Å². The minimum atomic E-state index is 0.298. The first-order valence-electron chi connectivity index (χ1n) is 7.36. The molecular formula is C15H30N2. The Kier molecular flexibility index (Phi) is 3.57. The summed E-state index contributed by atoms with van der Waals surface area (Å²) in [7, 11) is 0. The van der Waals surface area contributed by atoms with Crippen LogP contribution in [0.5, 0.6) is 0 Å². The smallest absolute Gasteiger partial charge is 0.0309 e. The number of nitrogens with zero attached hydrogens (tertiary/aromatic N) is 1. The lowest BCUT2D eigenvalue weighted by Gasteiger charge is -2.53. The van der Waals surface area contributed by atoms with E-state index in [4.69, 9.17) is 0 Å². The summed E-state index contributed by atoms with van der Waals surface area (Å²) in [6.45, 7) is 14.3.